The number of amides is 2. The summed E-state index contributed by atoms with van der Waals surface area (Å²) in [5, 5.41) is 5.33. The zero-order valence-electron chi connectivity index (χ0n) is 16.7. The van der Waals surface area contributed by atoms with Crippen molar-refractivity contribution in [3.05, 3.63) is 65.9 Å². The molecule has 0 radical (unpaired) electrons. The largest absolute Gasteiger partial charge is 0.351 e. The number of carbonyl (C=O) groups excluding carboxylic acids is 2. The fraction of sp³-hybridized carbons (Fsp3) is 0.348. The predicted molar refractivity (Wildman–Crippen MR) is 109 cm³/mol. The predicted octanol–water partition coefficient (Wildman–Crippen LogP) is 2.49. The maximum atomic E-state index is 13.5. The number of hydrogen-bond acceptors (Lipinski definition) is 4. The van der Waals surface area contributed by atoms with E-state index in [1.807, 2.05) is 66.5 Å². The molecule has 0 saturated carbocycles. The summed E-state index contributed by atoms with van der Waals surface area (Å²) in [7, 11) is 1.84. The summed E-state index contributed by atoms with van der Waals surface area (Å²) in [4.78, 5) is 30.3. The van der Waals surface area contributed by atoms with Gasteiger partial charge in [-0.2, -0.15) is 5.10 Å². The molecule has 1 aromatic heterocycles. The minimum absolute atomic E-state index is 0.0507. The Labute approximate surface area is 173 Å². The van der Waals surface area contributed by atoms with Crippen LogP contribution >= 0.6 is 0 Å². The summed E-state index contributed by atoms with van der Waals surface area (Å²) in [5.74, 6) is -0.0789. The lowest BCUT2D eigenvalue weighted by atomic mass is 10.0. The summed E-state index contributed by atoms with van der Waals surface area (Å²) in [5.41, 5.74) is 1.70. The molecule has 3 saturated heterocycles. The molecule has 3 atom stereocenters. The summed E-state index contributed by atoms with van der Waals surface area (Å²) in [6.45, 7) is 1.01. The van der Waals surface area contributed by atoms with Crippen molar-refractivity contribution in [1.82, 2.24) is 19.6 Å². The highest BCUT2D eigenvalue weighted by Gasteiger charge is 2.65. The first kappa shape index (κ1) is 17.7. The number of aromatic nitrogens is 2. The first-order valence-electron chi connectivity index (χ1n) is 10.3. The van der Waals surface area contributed by atoms with Crippen molar-refractivity contribution in [2.45, 2.75) is 30.7 Å². The lowest BCUT2D eigenvalue weighted by Crippen LogP contribution is -2.49. The molecule has 3 aromatic rings. The Balaban J connectivity index is 1.36. The maximum absolute atomic E-state index is 13.5. The fourth-order valence-electron chi connectivity index (χ4n) is 5.52. The monoisotopic (exact) mass is 402 g/mol. The first-order valence-corrected chi connectivity index (χ1v) is 10.3. The Bertz CT molecular complexity index is 1170. The Morgan fingerprint density at radius 3 is 2.73 bits per heavy atom. The molecule has 6 rings (SSSR count). The first-order chi connectivity index (χ1) is 14.6. The van der Waals surface area contributed by atoms with Gasteiger partial charge in [0.15, 0.2) is 11.4 Å². The van der Waals surface area contributed by atoms with Crippen LogP contribution < -0.4 is 0 Å². The molecule has 0 N–H and O–H groups in total. The molecule has 7 nitrogen and oxygen atoms in total. The summed E-state index contributed by atoms with van der Waals surface area (Å²) < 4.78 is 8.05. The van der Waals surface area contributed by atoms with Crippen LogP contribution in [0.1, 0.15) is 34.9 Å². The van der Waals surface area contributed by atoms with Crippen LogP contribution in [-0.2, 0) is 16.6 Å². The van der Waals surface area contributed by atoms with E-state index in [0.717, 1.165) is 16.5 Å². The van der Waals surface area contributed by atoms with E-state index in [1.165, 1.54) is 0 Å². The van der Waals surface area contributed by atoms with Crippen LogP contribution in [0, 0.1) is 0 Å². The lowest BCUT2D eigenvalue weighted by Gasteiger charge is -2.33. The Hall–Kier alpha value is -3.19. The van der Waals surface area contributed by atoms with E-state index in [4.69, 9.17) is 4.74 Å². The van der Waals surface area contributed by atoms with E-state index < -0.39 is 5.72 Å². The van der Waals surface area contributed by atoms with Crippen LogP contribution in [0.15, 0.2) is 54.6 Å². The topological polar surface area (TPSA) is 67.7 Å². The molecule has 152 valence electrons. The van der Waals surface area contributed by atoms with E-state index in [2.05, 4.69) is 5.10 Å². The summed E-state index contributed by atoms with van der Waals surface area (Å²) in [6, 6.07) is 17.3. The van der Waals surface area contributed by atoms with Crippen molar-refractivity contribution >= 4 is 22.7 Å². The Kier molecular flexibility index (Phi) is 3.62. The van der Waals surface area contributed by atoms with Crippen LogP contribution in [0.2, 0.25) is 0 Å². The van der Waals surface area contributed by atoms with Gasteiger partial charge in [0.05, 0.1) is 30.6 Å². The molecule has 0 aliphatic carbocycles. The molecule has 7 heteroatoms. The number of likely N-dealkylation sites (tertiary alicyclic amines) is 1. The van der Waals surface area contributed by atoms with E-state index in [0.29, 0.717) is 31.7 Å². The number of nitrogens with zero attached hydrogens (tertiary/aromatic N) is 4. The van der Waals surface area contributed by atoms with Crippen molar-refractivity contribution in [1.29, 1.82) is 0 Å². The average Bonchev–Trinajstić information content (AvgIpc) is 3.48. The number of carbonyl (C=O) groups is 2. The van der Waals surface area contributed by atoms with E-state index in [-0.39, 0.29) is 23.9 Å². The Morgan fingerprint density at radius 2 is 1.90 bits per heavy atom. The van der Waals surface area contributed by atoms with E-state index >= 15 is 0 Å². The van der Waals surface area contributed by atoms with Gasteiger partial charge in [-0.1, -0.05) is 48.5 Å². The minimum Gasteiger partial charge on any atom is -0.351 e. The second kappa shape index (κ2) is 6.15. The second-order valence-corrected chi connectivity index (χ2v) is 8.30. The average molecular weight is 402 g/mol. The number of fused-ring (bicyclic) bond motifs is 1. The highest BCUT2D eigenvalue weighted by molar-refractivity contribution is 6.05. The molecule has 4 heterocycles. The highest BCUT2D eigenvalue weighted by atomic mass is 16.5. The minimum atomic E-state index is -0.724. The van der Waals surface area contributed by atoms with Gasteiger partial charge in [0.25, 0.3) is 5.91 Å². The van der Waals surface area contributed by atoms with Gasteiger partial charge in [0.2, 0.25) is 5.91 Å². The zero-order valence-corrected chi connectivity index (χ0v) is 16.7. The van der Waals surface area contributed by atoms with Crippen LogP contribution in [0.5, 0.6) is 0 Å². The summed E-state index contributed by atoms with van der Waals surface area (Å²) in [6.07, 6.45) is 0.920. The third-order valence-corrected chi connectivity index (χ3v) is 6.86. The third-order valence-electron chi connectivity index (χ3n) is 6.86. The van der Waals surface area contributed by atoms with Gasteiger partial charge in [-0.15, -0.1) is 0 Å². The third kappa shape index (κ3) is 2.21. The second-order valence-electron chi connectivity index (χ2n) is 8.30. The van der Waals surface area contributed by atoms with Crippen molar-refractivity contribution in [2.24, 2.45) is 7.05 Å². The zero-order chi connectivity index (χ0) is 20.5. The van der Waals surface area contributed by atoms with Gasteiger partial charge >= 0.3 is 0 Å². The number of hydrogen-bond donors (Lipinski definition) is 0. The quantitative estimate of drug-likeness (QED) is 0.661. The SMILES string of the molecule is Cn1nc(C(=O)N2CC[C@@]34OC[C@@H](c5ccccc5)N3C(=O)C[C@@H]24)c2ccccc21. The van der Waals surface area contributed by atoms with Gasteiger partial charge in [-0.3, -0.25) is 14.3 Å². The van der Waals surface area contributed by atoms with Gasteiger partial charge in [0, 0.05) is 25.4 Å². The molecule has 30 heavy (non-hydrogen) atoms. The molecule has 0 bridgehead atoms. The van der Waals surface area contributed by atoms with Crippen LogP contribution in [0.25, 0.3) is 10.9 Å². The lowest BCUT2D eigenvalue weighted by molar-refractivity contribution is -0.138. The Morgan fingerprint density at radius 1 is 1.13 bits per heavy atom. The van der Waals surface area contributed by atoms with Crippen LogP contribution in [0.3, 0.4) is 0 Å². The molecular weight excluding hydrogens is 380 g/mol. The van der Waals surface area contributed by atoms with Gasteiger partial charge < -0.3 is 14.5 Å². The number of ether oxygens (including phenoxy) is 1. The molecule has 3 fully saturated rings. The normalized spacial score (nSPS) is 27.7. The molecule has 0 unspecified atom stereocenters. The smallest absolute Gasteiger partial charge is 0.275 e. The number of para-hydroxylation sites is 1. The molecular formula is C23H22N4O3. The van der Waals surface area contributed by atoms with Crippen molar-refractivity contribution in [3.63, 3.8) is 0 Å². The van der Waals surface area contributed by atoms with Crippen molar-refractivity contribution in [2.75, 3.05) is 13.2 Å². The fourth-order valence-corrected chi connectivity index (χ4v) is 5.52. The maximum Gasteiger partial charge on any atom is 0.275 e. The standard InChI is InChI=1S/C23H22N4O3/c1-25-17-10-6-5-9-16(17)21(24-25)22(29)26-12-11-23-19(26)13-20(28)27(23)18(14-30-23)15-7-3-2-4-8-15/h2-10,18-19H,11-14H2,1H3/t18-,19+,23-/m0/s1. The van der Waals surface area contributed by atoms with E-state index in [9.17, 15) is 9.59 Å². The molecule has 1 spiro atoms. The van der Waals surface area contributed by atoms with Crippen LogP contribution in [0.4, 0.5) is 0 Å². The molecule has 3 aliphatic rings. The summed E-state index contributed by atoms with van der Waals surface area (Å²) >= 11 is 0. The number of aryl methyl sites for hydroxylation is 1. The molecule has 2 aromatic carbocycles. The van der Waals surface area contributed by atoms with Gasteiger partial charge in [0.1, 0.15) is 0 Å². The van der Waals surface area contributed by atoms with Crippen LogP contribution in [-0.4, -0.2) is 56.3 Å². The molecule has 2 amide bonds. The van der Waals surface area contributed by atoms with Gasteiger partial charge in [-0.05, 0) is 11.6 Å². The molecule has 3 aliphatic heterocycles. The van der Waals surface area contributed by atoms with Crippen molar-refractivity contribution < 1.29 is 14.3 Å². The number of benzene rings is 2. The number of rotatable bonds is 2. The van der Waals surface area contributed by atoms with E-state index in [1.54, 1.807) is 9.58 Å². The van der Waals surface area contributed by atoms with Gasteiger partial charge in [-0.25, -0.2) is 0 Å². The highest BCUT2D eigenvalue weighted by Crippen LogP contribution is 2.51. The van der Waals surface area contributed by atoms with Crippen molar-refractivity contribution in [3.8, 4) is 0 Å².